The standard InChI is InChI=1S/C39H54N6O6/c1-25(2)37(48)35-29-15-13-27(50-8)21-31(29)44(41-35)23-33(46)40-18-11-10-12-19-43(20-17-39(5,6)7)34(47)24-45-32-22-28(51-9)14-16-30(32)36(42-45)38(49)26(3)4/h13-16,21-22,25-26H,10-12,17-20,23-24H2,1-9H3,(H,40,46). The maximum absolute atomic E-state index is 13.8. The molecule has 0 aliphatic rings. The Bertz CT molecular complexity index is 1870. The predicted molar refractivity (Wildman–Crippen MR) is 198 cm³/mol. The SMILES string of the molecule is COc1ccc2c(C(=O)C(C)C)nn(CC(=O)NCCCCCN(CCC(C)(C)C)C(=O)Cn3nc(C(=O)C(C)C)c4ccc(OC)cc43)c2c1. The van der Waals surface area contributed by atoms with Crippen LogP contribution in [0.5, 0.6) is 11.5 Å². The molecule has 0 spiro atoms. The van der Waals surface area contributed by atoms with E-state index < -0.39 is 0 Å². The van der Waals surface area contributed by atoms with Gasteiger partial charge in [-0.05, 0) is 55.4 Å². The van der Waals surface area contributed by atoms with Crippen molar-refractivity contribution < 1.29 is 28.7 Å². The number of carbonyl (C=O) groups is 4. The van der Waals surface area contributed by atoms with Crippen LogP contribution in [0.25, 0.3) is 21.8 Å². The zero-order chi connectivity index (χ0) is 37.5. The number of nitrogens with zero attached hydrogens (tertiary/aromatic N) is 5. The van der Waals surface area contributed by atoms with Crippen molar-refractivity contribution in [2.75, 3.05) is 33.9 Å². The molecule has 12 heteroatoms. The summed E-state index contributed by atoms with van der Waals surface area (Å²) in [6.45, 7) is 15.4. The van der Waals surface area contributed by atoms with E-state index >= 15 is 0 Å². The van der Waals surface area contributed by atoms with Crippen LogP contribution in [-0.4, -0.2) is 81.7 Å². The normalized spacial score (nSPS) is 11.8. The number of rotatable bonds is 18. The average Bonchev–Trinajstić information content (AvgIpc) is 3.63. The van der Waals surface area contributed by atoms with Crippen LogP contribution in [0.4, 0.5) is 0 Å². The highest BCUT2D eigenvalue weighted by Crippen LogP contribution is 2.27. The van der Waals surface area contributed by atoms with Crippen LogP contribution < -0.4 is 14.8 Å². The van der Waals surface area contributed by atoms with Gasteiger partial charge in [0, 0.05) is 54.4 Å². The molecule has 4 aromatic rings. The Kier molecular flexibility index (Phi) is 13.0. The van der Waals surface area contributed by atoms with Gasteiger partial charge in [-0.3, -0.25) is 28.5 Å². The first kappa shape index (κ1) is 39.1. The van der Waals surface area contributed by atoms with E-state index in [1.165, 1.54) is 0 Å². The van der Waals surface area contributed by atoms with Crippen LogP contribution in [0.2, 0.25) is 0 Å². The number of Topliss-reactive ketones (excluding diaryl/α,β-unsaturated/α-hetero) is 2. The van der Waals surface area contributed by atoms with E-state index in [1.807, 2.05) is 44.7 Å². The maximum atomic E-state index is 13.8. The van der Waals surface area contributed by atoms with Crippen molar-refractivity contribution in [2.24, 2.45) is 17.3 Å². The number of methoxy groups -OCH3 is 2. The van der Waals surface area contributed by atoms with Crippen molar-refractivity contribution in [3.8, 4) is 11.5 Å². The van der Waals surface area contributed by atoms with Crippen molar-refractivity contribution in [3.05, 3.63) is 47.8 Å². The zero-order valence-corrected chi connectivity index (χ0v) is 31.7. The van der Waals surface area contributed by atoms with Crippen molar-refractivity contribution in [2.45, 2.75) is 87.2 Å². The van der Waals surface area contributed by atoms with E-state index in [0.717, 1.165) is 25.7 Å². The minimum absolute atomic E-state index is 0.00765. The molecule has 0 saturated heterocycles. The molecule has 2 aromatic carbocycles. The van der Waals surface area contributed by atoms with Gasteiger partial charge in [-0.2, -0.15) is 10.2 Å². The molecule has 2 aromatic heterocycles. The van der Waals surface area contributed by atoms with Crippen molar-refractivity contribution in [3.63, 3.8) is 0 Å². The number of ketones is 2. The highest BCUT2D eigenvalue weighted by molar-refractivity contribution is 6.08. The largest absolute Gasteiger partial charge is 0.497 e. The topological polar surface area (TPSA) is 138 Å². The maximum Gasteiger partial charge on any atom is 0.244 e. The molecule has 276 valence electrons. The third-order valence-corrected chi connectivity index (χ3v) is 8.92. The fourth-order valence-corrected chi connectivity index (χ4v) is 5.80. The summed E-state index contributed by atoms with van der Waals surface area (Å²) in [5.41, 5.74) is 2.11. The number of nitrogens with one attached hydrogen (secondary N) is 1. The summed E-state index contributed by atoms with van der Waals surface area (Å²) in [5, 5.41) is 13.5. The number of aromatic nitrogens is 4. The average molecular weight is 703 g/mol. The Morgan fingerprint density at radius 1 is 0.745 bits per heavy atom. The highest BCUT2D eigenvalue weighted by atomic mass is 16.5. The van der Waals surface area contributed by atoms with Crippen LogP contribution in [0.1, 0.15) is 95.1 Å². The fourth-order valence-electron chi connectivity index (χ4n) is 5.80. The van der Waals surface area contributed by atoms with Gasteiger partial charge in [0.2, 0.25) is 11.8 Å². The van der Waals surface area contributed by atoms with E-state index in [9.17, 15) is 19.2 Å². The highest BCUT2D eigenvalue weighted by Gasteiger charge is 2.24. The van der Waals surface area contributed by atoms with E-state index in [4.69, 9.17) is 9.47 Å². The number of fused-ring (bicyclic) bond motifs is 2. The quantitative estimate of drug-likeness (QED) is 0.0938. The second-order valence-electron chi connectivity index (χ2n) is 14.9. The monoisotopic (exact) mass is 702 g/mol. The molecule has 1 N–H and O–H groups in total. The molecule has 2 heterocycles. The molecule has 0 atom stereocenters. The second kappa shape index (κ2) is 17.0. The first-order valence-corrected chi connectivity index (χ1v) is 17.9. The molecule has 12 nitrogen and oxygen atoms in total. The number of unbranched alkanes of at least 4 members (excludes halogenated alkanes) is 2. The molecule has 0 bridgehead atoms. The smallest absolute Gasteiger partial charge is 0.244 e. The third kappa shape index (κ3) is 9.95. The summed E-state index contributed by atoms with van der Waals surface area (Å²) in [6, 6.07) is 10.8. The Morgan fingerprint density at radius 3 is 1.73 bits per heavy atom. The molecule has 0 aliphatic heterocycles. The van der Waals surface area contributed by atoms with E-state index in [1.54, 1.807) is 47.8 Å². The molecule has 2 amide bonds. The van der Waals surface area contributed by atoms with Gasteiger partial charge in [-0.1, -0.05) is 48.5 Å². The van der Waals surface area contributed by atoms with Gasteiger partial charge in [-0.15, -0.1) is 0 Å². The van der Waals surface area contributed by atoms with Crippen LogP contribution >= 0.6 is 0 Å². The summed E-state index contributed by atoms with van der Waals surface area (Å²) in [7, 11) is 3.15. The number of hydrogen-bond donors (Lipinski definition) is 1. The molecule has 4 rings (SSSR count). The number of hydrogen-bond acceptors (Lipinski definition) is 8. The Hall–Kier alpha value is -4.74. The van der Waals surface area contributed by atoms with Crippen LogP contribution in [0.3, 0.4) is 0 Å². The van der Waals surface area contributed by atoms with Crippen LogP contribution in [0.15, 0.2) is 36.4 Å². The van der Waals surface area contributed by atoms with Gasteiger partial charge in [0.25, 0.3) is 0 Å². The second-order valence-corrected chi connectivity index (χ2v) is 14.9. The summed E-state index contributed by atoms with van der Waals surface area (Å²) in [6.07, 6.45) is 3.14. The Balaban J connectivity index is 1.36. The summed E-state index contributed by atoms with van der Waals surface area (Å²) in [4.78, 5) is 54.4. The van der Waals surface area contributed by atoms with E-state index in [-0.39, 0.29) is 53.7 Å². The van der Waals surface area contributed by atoms with Gasteiger partial charge in [-0.25, -0.2) is 0 Å². The Morgan fingerprint density at radius 2 is 1.25 bits per heavy atom. The minimum Gasteiger partial charge on any atom is -0.497 e. The predicted octanol–water partition coefficient (Wildman–Crippen LogP) is 6.33. The first-order chi connectivity index (χ1) is 24.1. The zero-order valence-electron chi connectivity index (χ0n) is 31.7. The molecule has 0 fully saturated rings. The van der Waals surface area contributed by atoms with Crippen molar-refractivity contribution in [1.29, 1.82) is 0 Å². The lowest BCUT2D eigenvalue weighted by atomic mass is 9.92. The first-order valence-electron chi connectivity index (χ1n) is 17.9. The molecular formula is C39H54N6O6. The molecule has 0 aliphatic carbocycles. The van der Waals surface area contributed by atoms with Crippen LogP contribution in [0, 0.1) is 17.3 Å². The van der Waals surface area contributed by atoms with Gasteiger partial charge < -0.3 is 19.7 Å². The lowest BCUT2D eigenvalue weighted by Gasteiger charge is -2.27. The van der Waals surface area contributed by atoms with Crippen LogP contribution in [-0.2, 0) is 22.7 Å². The van der Waals surface area contributed by atoms with E-state index in [2.05, 4.69) is 36.3 Å². The minimum atomic E-state index is -0.231. The van der Waals surface area contributed by atoms with Crippen molar-refractivity contribution >= 4 is 45.2 Å². The summed E-state index contributed by atoms with van der Waals surface area (Å²) < 4.78 is 14.0. The van der Waals surface area contributed by atoms with Gasteiger partial charge in [0.1, 0.15) is 36.0 Å². The lowest BCUT2D eigenvalue weighted by Crippen LogP contribution is -2.37. The molecular weight excluding hydrogens is 648 g/mol. The van der Waals surface area contributed by atoms with Gasteiger partial charge >= 0.3 is 0 Å². The number of carbonyl (C=O) groups excluding carboxylic acids is 4. The fraction of sp³-hybridized carbons (Fsp3) is 0.538. The Labute approximate surface area is 300 Å². The number of amides is 2. The number of ether oxygens (including phenoxy) is 2. The molecule has 0 radical (unpaired) electrons. The third-order valence-electron chi connectivity index (χ3n) is 8.92. The van der Waals surface area contributed by atoms with Crippen molar-refractivity contribution in [1.82, 2.24) is 29.8 Å². The lowest BCUT2D eigenvalue weighted by molar-refractivity contribution is -0.132. The molecule has 51 heavy (non-hydrogen) atoms. The summed E-state index contributed by atoms with van der Waals surface area (Å²) >= 11 is 0. The number of benzene rings is 2. The molecule has 0 saturated carbocycles. The molecule has 0 unspecified atom stereocenters. The van der Waals surface area contributed by atoms with Gasteiger partial charge in [0.15, 0.2) is 11.6 Å². The summed E-state index contributed by atoms with van der Waals surface area (Å²) in [5.74, 6) is 0.362. The van der Waals surface area contributed by atoms with Gasteiger partial charge in [0.05, 0.1) is 25.3 Å². The van der Waals surface area contributed by atoms with E-state index in [0.29, 0.717) is 64.3 Å².